The van der Waals surface area contributed by atoms with Crippen LogP contribution in [0.15, 0.2) is 53.6 Å². The zero-order chi connectivity index (χ0) is 10.7. The molecular formula is C15H15. The molecule has 1 aliphatic carbocycles. The zero-order valence-electron chi connectivity index (χ0n) is 9.25. The molecule has 0 heteroatoms. The molecule has 1 radical (unpaired) electrons. The summed E-state index contributed by atoms with van der Waals surface area (Å²) in [5, 5.41) is 0. The van der Waals surface area contributed by atoms with Gasteiger partial charge in [-0.1, -0.05) is 48.1 Å². The second kappa shape index (κ2) is 4.31. The Morgan fingerprint density at radius 3 is 2.53 bits per heavy atom. The van der Waals surface area contributed by atoms with Gasteiger partial charge in [-0.25, -0.2) is 0 Å². The molecule has 0 N–H and O–H groups in total. The average molecular weight is 195 g/mol. The summed E-state index contributed by atoms with van der Waals surface area (Å²) in [5.41, 5.74) is 5.30. The minimum Gasteiger partial charge on any atom is -0.0795 e. The Bertz CT molecular complexity index is 426. The van der Waals surface area contributed by atoms with E-state index in [0.29, 0.717) is 0 Å². The van der Waals surface area contributed by atoms with E-state index in [2.05, 4.69) is 50.3 Å². The zero-order valence-corrected chi connectivity index (χ0v) is 9.25. The van der Waals surface area contributed by atoms with Crippen LogP contribution in [0.25, 0.3) is 5.57 Å². The third kappa shape index (κ3) is 2.10. The smallest absolute Gasteiger partial charge is 0.00707 e. The fourth-order valence-corrected chi connectivity index (χ4v) is 1.82. The molecule has 0 nitrogen and oxygen atoms in total. The van der Waals surface area contributed by atoms with E-state index in [1.54, 1.807) is 0 Å². The van der Waals surface area contributed by atoms with Gasteiger partial charge in [0.05, 0.1) is 0 Å². The summed E-state index contributed by atoms with van der Waals surface area (Å²) in [6, 6.07) is 10.5. The van der Waals surface area contributed by atoms with Gasteiger partial charge in [0.25, 0.3) is 0 Å². The van der Waals surface area contributed by atoms with Crippen molar-refractivity contribution in [3.63, 3.8) is 0 Å². The summed E-state index contributed by atoms with van der Waals surface area (Å²) >= 11 is 0. The van der Waals surface area contributed by atoms with Gasteiger partial charge >= 0.3 is 0 Å². The van der Waals surface area contributed by atoms with Gasteiger partial charge in [-0.15, -0.1) is 0 Å². The van der Waals surface area contributed by atoms with Crippen molar-refractivity contribution in [1.29, 1.82) is 0 Å². The molecule has 1 aromatic rings. The first-order valence-electron chi connectivity index (χ1n) is 5.29. The van der Waals surface area contributed by atoms with Crippen molar-refractivity contribution in [1.82, 2.24) is 0 Å². The lowest BCUT2D eigenvalue weighted by Gasteiger charge is -2.15. The Kier molecular flexibility index (Phi) is 2.86. The first-order chi connectivity index (χ1) is 7.29. The molecule has 0 spiro atoms. The molecule has 0 atom stereocenters. The van der Waals surface area contributed by atoms with Crippen LogP contribution < -0.4 is 0 Å². The van der Waals surface area contributed by atoms with Gasteiger partial charge < -0.3 is 0 Å². The van der Waals surface area contributed by atoms with Crippen LogP contribution in [0.2, 0.25) is 0 Å². The summed E-state index contributed by atoms with van der Waals surface area (Å²) in [6.45, 7) is 4.33. The molecule has 0 saturated carbocycles. The predicted octanol–water partition coefficient (Wildman–Crippen LogP) is 4.17. The van der Waals surface area contributed by atoms with Gasteiger partial charge in [0.15, 0.2) is 0 Å². The van der Waals surface area contributed by atoms with E-state index in [-0.39, 0.29) is 0 Å². The number of benzene rings is 1. The third-order valence-corrected chi connectivity index (χ3v) is 2.64. The average Bonchev–Trinajstić information content (AvgIpc) is 2.30. The van der Waals surface area contributed by atoms with Crippen molar-refractivity contribution in [2.24, 2.45) is 0 Å². The SMILES string of the molecule is CC(C)=C1CC=C[C]=C1c1ccccc1. The quantitative estimate of drug-likeness (QED) is 0.631. The number of hydrogen-bond donors (Lipinski definition) is 0. The highest BCUT2D eigenvalue weighted by Gasteiger charge is 2.10. The second-order valence-corrected chi connectivity index (χ2v) is 3.97. The maximum absolute atomic E-state index is 3.35. The van der Waals surface area contributed by atoms with E-state index in [9.17, 15) is 0 Å². The van der Waals surface area contributed by atoms with Crippen LogP contribution in [0.3, 0.4) is 0 Å². The minimum atomic E-state index is 1.03. The molecule has 0 unspecified atom stereocenters. The van der Waals surface area contributed by atoms with Gasteiger partial charge in [0.2, 0.25) is 0 Å². The maximum Gasteiger partial charge on any atom is -0.00707 e. The molecule has 0 fully saturated rings. The van der Waals surface area contributed by atoms with E-state index in [0.717, 1.165) is 6.42 Å². The molecule has 0 bridgehead atoms. The minimum absolute atomic E-state index is 1.03. The van der Waals surface area contributed by atoms with Crippen LogP contribution >= 0.6 is 0 Å². The standard InChI is InChI=1S/C15H15/c1-12(2)14-10-6-7-11-15(14)13-8-4-3-5-9-13/h3-9H,10H2,1-2H3. The van der Waals surface area contributed by atoms with Crippen molar-refractivity contribution in [3.05, 3.63) is 65.3 Å². The first-order valence-corrected chi connectivity index (χ1v) is 5.29. The molecule has 0 heterocycles. The Morgan fingerprint density at radius 1 is 1.13 bits per heavy atom. The Morgan fingerprint density at radius 2 is 1.87 bits per heavy atom. The number of hydrogen-bond acceptors (Lipinski definition) is 0. The monoisotopic (exact) mass is 195 g/mol. The fourth-order valence-electron chi connectivity index (χ4n) is 1.82. The molecule has 15 heavy (non-hydrogen) atoms. The first kappa shape index (κ1) is 9.97. The van der Waals surface area contributed by atoms with Gasteiger partial charge in [-0.3, -0.25) is 0 Å². The molecule has 0 saturated heterocycles. The number of rotatable bonds is 1. The van der Waals surface area contributed by atoms with Gasteiger partial charge in [-0.2, -0.15) is 0 Å². The molecule has 0 aliphatic heterocycles. The fraction of sp³-hybridized carbons (Fsp3) is 0.200. The lowest BCUT2D eigenvalue weighted by molar-refractivity contribution is 1.18. The van der Waals surface area contributed by atoms with E-state index in [1.165, 1.54) is 22.3 Å². The van der Waals surface area contributed by atoms with Crippen molar-refractivity contribution < 1.29 is 0 Å². The van der Waals surface area contributed by atoms with Crippen molar-refractivity contribution in [3.8, 4) is 0 Å². The third-order valence-electron chi connectivity index (χ3n) is 2.64. The van der Waals surface area contributed by atoms with E-state index in [4.69, 9.17) is 0 Å². The molecule has 75 valence electrons. The topological polar surface area (TPSA) is 0 Å². The normalized spacial score (nSPS) is 15.1. The molecule has 0 amide bonds. The number of allylic oxidation sites excluding steroid dienone is 6. The Hall–Kier alpha value is -1.56. The maximum atomic E-state index is 3.35. The highest BCUT2D eigenvalue weighted by Crippen LogP contribution is 2.30. The summed E-state index contributed by atoms with van der Waals surface area (Å²) in [4.78, 5) is 0. The Labute approximate surface area is 91.6 Å². The van der Waals surface area contributed by atoms with Crippen molar-refractivity contribution >= 4 is 5.57 Å². The largest absolute Gasteiger partial charge is 0.0795 e. The summed E-state index contributed by atoms with van der Waals surface area (Å²) in [6.07, 6.45) is 8.56. The lowest BCUT2D eigenvalue weighted by Crippen LogP contribution is -1.95. The van der Waals surface area contributed by atoms with E-state index >= 15 is 0 Å². The molecule has 1 aliphatic rings. The summed E-state index contributed by atoms with van der Waals surface area (Å²) in [5.74, 6) is 0. The van der Waals surface area contributed by atoms with Crippen LogP contribution in [-0.4, -0.2) is 0 Å². The second-order valence-electron chi connectivity index (χ2n) is 3.97. The highest BCUT2D eigenvalue weighted by atomic mass is 14.1. The Balaban J connectivity index is 2.48. The van der Waals surface area contributed by atoms with Crippen molar-refractivity contribution in [2.75, 3.05) is 0 Å². The van der Waals surface area contributed by atoms with Crippen LogP contribution in [0.4, 0.5) is 0 Å². The molecule has 1 aromatic carbocycles. The van der Waals surface area contributed by atoms with Gasteiger partial charge in [0, 0.05) is 0 Å². The lowest BCUT2D eigenvalue weighted by atomic mass is 9.89. The van der Waals surface area contributed by atoms with E-state index < -0.39 is 0 Å². The predicted molar refractivity (Wildman–Crippen MR) is 65.2 cm³/mol. The molecular weight excluding hydrogens is 180 g/mol. The molecule has 0 aromatic heterocycles. The van der Waals surface area contributed by atoms with Crippen LogP contribution in [0.5, 0.6) is 0 Å². The van der Waals surface area contributed by atoms with Crippen LogP contribution in [0.1, 0.15) is 25.8 Å². The molecule has 2 rings (SSSR count). The highest BCUT2D eigenvalue weighted by molar-refractivity contribution is 5.80. The van der Waals surface area contributed by atoms with Crippen LogP contribution in [-0.2, 0) is 0 Å². The summed E-state index contributed by atoms with van der Waals surface area (Å²) in [7, 11) is 0. The summed E-state index contributed by atoms with van der Waals surface area (Å²) < 4.78 is 0. The van der Waals surface area contributed by atoms with Gasteiger partial charge in [-0.05, 0) is 43.1 Å². The van der Waals surface area contributed by atoms with Gasteiger partial charge in [0.1, 0.15) is 0 Å². The van der Waals surface area contributed by atoms with Crippen molar-refractivity contribution in [2.45, 2.75) is 20.3 Å². The van der Waals surface area contributed by atoms with E-state index in [1.807, 2.05) is 12.1 Å². The van der Waals surface area contributed by atoms with Crippen LogP contribution in [0, 0.1) is 6.08 Å².